The quantitative estimate of drug-likeness (QED) is 0.830. The number of aryl methyl sites for hydroxylation is 1. The Hall–Kier alpha value is -2.48. The largest absolute Gasteiger partial charge is 0.388 e. The number of aliphatic hydroxyl groups is 1. The van der Waals surface area contributed by atoms with Gasteiger partial charge < -0.3 is 19.9 Å². The van der Waals surface area contributed by atoms with Gasteiger partial charge >= 0.3 is 6.03 Å². The number of rotatable bonds is 5. The fraction of sp³-hybridized carbons (Fsp3) is 0.579. The van der Waals surface area contributed by atoms with Gasteiger partial charge in [-0.15, -0.1) is 10.2 Å². The summed E-state index contributed by atoms with van der Waals surface area (Å²) in [5.41, 5.74) is 1.98. The highest BCUT2D eigenvalue weighted by Crippen LogP contribution is 2.26. The number of amides is 2. The van der Waals surface area contributed by atoms with Crippen LogP contribution in [0.25, 0.3) is 0 Å². The maximum absolute atomic E-state index is 12.6. The monoisotopic (exact) mass is 372 g/mol. The van der Waals surface area contributed by atoms with Gasteiger partial charge in [0.25, 0.3) is 0 Å². The zero-order valence-corrected chi connectivity index (χ0v) is 16.2. The van der Waals surface area contributed by atoms with Gasteiger partial charge in [-0.05, 0) is 38.8 Å². The molecule has 27 heavy (non-hydrogen) atoms. The average molecular weight is 372 g/mol. The molecule has 8 nitrogen and oxygen atoms in total. The molecule has 0 radical (unpaired) electrons. The highest BCUT2D eigenvalue weighted by atomic mass is 16.3. The van der Waals surface area contributed by atoms with E-state index in [-0.39, 0.29) is 24.6 Å². The molecular formula is C19H28N6O2. The first kappa shape index (κ1) is 19.3. The van der Waals surface area contributed by atoms with Crippen LogP contribution < -0.4 is 5.32 Å². The molecule has 8 heteroatoms. The zero-order valence-electron chi connectivity index (χ0n) is 16.2. The van der Waals surface area contributed by atoms with Crippen LogP contribution >= 0.6 is 0 Å². The van der Waals surface area contributed by atoms with Crippen molar-refractivity contribution in [3.63, 3.8) is 0 Å². The van der Waals surface area contributed by atoms with Crippen LogP contribution in [0.15, 0.2) is 18.2 Å². The second kappa shape index (κ2) is 8.47. The summed E-state index contributed by atoms with van der Waals surface area (Å²) in [6, 6.07) is 5.95. The number of aromatic nitrogens is 4. The van der Waals surface area contributed by atoms with Gasteiger partial charge in [-0.3, -0.25) is 4.98 Å². The lowest BCUT2D eigenvalue weighted by Gasteiger charge is -2.32. The number of carbonyl (C=O) groups excluding carboxylic acids is 1. The summed E-state index contributed by atoms with van der Waals surface area (Å²) < 4.78 is 1.86. The Balaban J connectivity index is 1.50. The topological polar surface area (TPSA) is 96.2 Å². The van der Waals surface area contributed by atoms with Crippen LogP contribution in [0.3, 0.4) is 0 Å². The number of hydrogen-bond acceptors (Lipinski definition) is 5. The van der Waals surface area contributed by atoms with Gasteiger partial charge in [0.05, 0.1) is 0 Å². The molecule has 1 fully saturated rings. The van der Waals surface area contributed by atoms with E-state index < -0.39 is 0 Å². The van der Waals surface area contributed by atoms with Crippen LogP contribution in [-0.2, 0) is 20.1 Å². The molecule has 0 spiro atoms. The van der Waals surface area contributed by atoms with Crippen LogP contribution in [0, 0.1) is 6.92 Å². The van der Waals surface area contributed by atoms with E-state index in [1.807, 2.05) is 48.6 Å². The van der Waals surface area contributed by atoms with Crippen LogP contribution in [0.5, 0.6) is 0 Å². The van der Waals surface area contributed by atoms with Crippen LogP contribution in [-0.4, -0.2) is 54.9 Å². The third-order valence-corrected chi connectivity index (χ3v) is 5.12. The summed E-state index contributed by atoms with van der Waals surface area (Å²) in [7, 11) is 1.88. The molecular weight excluding hydrogens is 344 g/mol. The first-order valence-electron chi connectivity index (χ1n) is 9.45. The second-order valence-corrected chi connectivity index (χ2v) is 7.28. The van der Waals surface area contributed by atoms with E-state index in [0.29, 0.717) is 25.3 Å². The Morgan fingerprint density at radius 2 is 2.07 bits per heavy atom. The Bertz CT molecular complexity index is 782. The highest BCUT2D eigenvalue weighted by molar-refractivity contribution is 5.74. The van der Waals surface area contributed by atoms with E-state index in [4.69, 9.17) is 0 Å². The Morgan fingerprint density at radius 1 is 1.33 bits per heavy atom. The predicted molar refractivity (Wildman–Crippen MR) is 101 cm³/mol. The number of piperidine rings is 1. The van der Waals surface area contributed by atoms with Gasteiger partial charge in [0.15, 0.2) is 5.82 Å². The SMILES string of the molecule is Cc1cccc(C[C@H](C)NC(=O)N2CCC(c3nnc(CO)n3C)CC2)n1. The highest BCUT2D eigenvalue weighted by Gasteiger charge is 2.27. The smallest absolute Gasteiger partial charge is 0.317 e. The van der Waals surface area contributed by atoms with Crippen LogP contribution in [0.2, 0.25) is 0 Å². The van der Waals surface area contributed by atoms with Gasteiger partial charge in [0, 0.05) is 49.9 Å². The molecule has 2 amide bonds. The van der Waals surface area contributed by atoms with Gasteiger partial charge in [0.2, 0.25) is 0 Å². The molecule has 0 unspecified atom stereocenters. The Morgan fingerprint density at radius 3 is 2.70 bits per heavy atom. The Kier molecular flexibility index (Phi) is 6.05. The Labute approximate surface area is 159 Å². The van der Waals surface area contributed by atoms with E-state index in [1.165, 1.54) is 0 Å². The molecule has 3 heterocycles. The molecule has 1 saturated heterocycles. The first-order chi connectivity index (χ1) is 13.0. The molecule has 1 aliphatic heterocycles. The number of hydrogen-bond donors (Lipinski definition) is 2. The molecule has 1 aliphatic rings. The lowest BCUT2D eigenvalue weighted by atomic mass is 9.96. The zero-order chi connectivity index (χ0) is 19.4. The molecule has 0 aromatic carbocycles. The maximum atomic E-state index is 12.6. The summed E-state index contributed by atoms with van der Waals surface area (Å²) in [5, 5.41) is 20.6. The lowest BCUT2D eigenvalue weighted by molar-refractivity contribution is 0.177. The standard InChI is InChI=1S/C19H28N6O2/c1-13-5-4-6-16(20-13)11-14(2)21-19(27)25-9-7-15(8-10-25)18-23-22-17(12-26)24(18)3/h4-6,14-15,26H,7-12H2,1-3H3,(H,21,27)/t14-/m0/s1. The summed E-state index contributed by atoms with van der Waals surface area (Å²) in [5.74, 6) is 1.72. The van der Waals surface area contributed by atoms with E-state index in [1.54, 1.807) is 0 Å². The molecule has 0 aliphatic carbocycles. The van der Waals surface area contributed by atoms with Crippen molar-refractivity contribution in [3.8, 4) is 0 Å². The van der Waals surface area contributed by atoms with Crippen molar-refractivity contribution < 1.29 is 9.90 Å². The van der Waals surface area contributed by atoms with E-state index in [2.05, 4.69) is 20.5 Å². The number of urea groups is 1. The van der Waals surface area contributed by atoms with Crippen LogP contribution in [0.4, 0.5) is 4.79 Å². The fourth-order valence-corrected chi connectivity index (χ4v) is 3.59. The van der Waals surface area contributed by atoms with E-state index >= 15 is 0 Å². The van der Waals surface area contributed by atoms with Gasteiger partial charge in [-0.2, -0.15) is 0 Å². The van der Waals surface area contributed by atoms with Crippen LogP contribution in [0.1, 0.15) is 48.7 Å². The molecule has 2 N–H and O–H groups in total. The summed E-state index contributed by atoms with van der Waals surface area (Å²) in [6.07, 6.45) is 2.41. The number of pyridine rings is 1. The summed E-state index contributed by atoms with van der Waals surface area (Å²) >= 11 is 0. The summed E-state index contributed by atoms with van der Waals surface area (Å²) in [6.45, 7) is 5.24. The average Bonchev–Trinajstić information content (AvgIpc) is 3.02. The minimum atomic E-state index is -0.113. The maximum Gasteiger partial charge on any atom is 0.317 e. The molecule has 1 atom stereocenters. The predicted octanol–water partition coefficient (Wildman–Crippen LogP) is 1.53. The van der Waals surface area contributed by atoms with Crippen molar-refractivity contribution in [2.75, 3.05) is 13.1 Å². The van der Waals surface area contributed by atoms with Crippen molar-refractivity contribution in [2.24, 2.45) is 7.05 Å². The number of nitrogens with zero attached hydrogens (tertiary/aromatic N) is 5. The first-order valence-corrected chi connectivity index (χ1v) is 9.45. The van der Waals surface area contributed by atoms with Crippen molar-refractivity contribution in [1.29, 1.82) is 0 Å². The number of aliphatic hydroxyl groups excluding tert-OH is 1. The third kappa shape index (κ3) is 4.63. The molecule has 0 saturated carbocycles. The number of nitrogens with one attached hydrogen (secondary N) is 1. The van der Waals surface area contributed by atoms with Gasteiger partial charge in [-0.1, -0.05) is 6.07 Å². The number of carbonyl (C=O) groups is 1. The van der Waals surface area contributed by atoms with Crippen molar-refractivity contribution in [3.05, 3.63) is 41.2 Å². The van der Waals surface area contributed by atoms with Gasteiger partial charge in [0.1, 0.15) is 12.4 Å². The normalized spacial score (nSPS) is 16.4. The molecule has 0 bridgehead atoms. The fourth-order valence-electron chi connectivity index (χ4n) is 3.59. The molecule has 146 valence electrons. The summed E-state index contributed by atoms with van der Waals surface area (Å²) in [4.78, 5) is 18.9. The minimum absolute atomic E-state index is 0.0235. The molecule has 2 aromatic heterocycles. The van der Waals surface area contributed by atoms with Crippen molar-refractivity contribution in [1.82, 2.24) is 30.0 Å². The minimum Gasteiger partial charge on any atom is -0.388 e. The van der Waals surface area contributed by atoms with Crippen molar-refractivity contribution >= 4 is 6.03 Å². The van der Waals surface area contributed by atoms with Crippen molar-refractivity contribution in [2.45, 2.75) is 51.7 Å². The molecule has 2 aromatic rings. The van der Waals surface area contributed by atoms with E-state index in [9.17, 15) is 9.90 Å². The number of likely N-dealkylation sites (tertiary alicyclic amines) is 1. The lowest BCUT2D eigenvalue weighted by Crippen LogP contribution is -2.47. The molecule has 3 rings (SSSR count). The third-order valence-electron chi connectivity index (χ3n) is 5.12. The van der Waals surface area contributed by atoms with E-state index in [0.717, 1.165) is 30.1 Å². The second-order valence-electron chi connectivity index (χ2n) is 7.28. The van der Waals surface area contributed by atoms with Gasteiger partial charge in [-0.25, -0.2) is 4.79 Å².